The Bertz CT molecular complexity index is 1070. The van der Waals surface area contributed by atoms with E-state index >= 15 is 0 Å². The van der Waals surface area contributed by atoms with E-state index in [0.29, 0.717) is 42.5 Å². The van der Waals surface area contributed by atoms with Gasteiger partial charge < -0.3 is 9.64 Å². The Hall–Kier alpha value is -2.73. The lowest BCUT2D eigenvalue weighted by Gasteiger charge is -2.26. The van der Waals surface area contributed by atoms with Crippen molar-refractivity contribution in [3.63, 3.8) is 0 Å². The van der Waals surface area contributed by atoms with E-state index in [0.717, 1.165) is 16.1 Å². The van der Waals surface area contributed by atoms with Crippen molar-refractivity contribution in [2.24, 2.45) is 0 Å². The summed E-state index contributed by atoms with van der Waals surface area (Å²) >= 11 is 2.81. The van der Waals surface area contributed by atoms with Crippen LogP contribution in [-0.2, 0) is 9.53 Å². The first kappa shape index (κ1) is 20.5. The van der Waals surface area contributed by atoms with Crippen molar-refractivity contribution in [3.05, 3.63) is 59.2 Å². The highest BCUT2D eigenvalue weighted by Gasteiger charge is 2.20. The number of thioether (sulfide) groups is 1. The van der Waals surface area contributed by atoms with Crippen molar-refractivity contribution in [3.8, 4) is 27.8 Å². The topological polar surface area (TPSA) is 66.2 Å². The third-order valence-electron chi connectivity index (χ3n) is 4.72. The maximum absolute atomic E-state index is 13.4. The Balaban J connectivity index is 1.70. The molecule has 0 radical (unpaired) electrons. The minimum absolute atomic E-state index is 0.00107. The first-order valence-corrected chi connectivity index (χ1v) is 11.3. The van der Waals surface area contributed by atoms with Gasteiger partial charge in [0, 0.05) is 18.7 Å². The highest BCUT2D eigenvalue weighted by molar-refractivity contribution is 8.00. The number of hydrogen-bond acceptors (Lipinski definition) is 6. The van der Waals surface area contributed by atoms with Crippen LogP contribution in [0.5, 0.6) is 0 Å². The average Bonchev–Trinajstić information content (AvgIpc) is 3.33. The third-order valence-corrected chi connectivity index (χ3v) is 6.58. The molecular formula is C22H18FN3O2S2. The van der Waals surface area contributed by atoms with E-state index in [-0.39, 0.29) is 17.5 Å². The van der Waals surface area contributed by atoms with Crippen LogP contribution in [0.1, 0.15) is 5.56 Å². The number of hydrogen-bond donors (Lipinski definition) is 0. The molecule has 1 aliphatic rings. The molecule has 2 aromatic heterocycles. The van der Waals surface area contributed by atoms with Gasteiger partial charge in [0.2, 0.25) is 5.91 Å². The van der Waals surface area contributed by atoms with Gasteiger partial charge in [-0.15, -0.1) is 11.3 Å². The normalized spacial score (nSPS) is 13.8. The molecule has 8 heteroatoms. The van der Waals surface area contributed by atoms with Gasteiger partial charge in [0.05, 0.1) is 35.1 Å². The van der Waals surface area contributed by atoms with Crippen LogP contribution < -0.4 is 0 Å². The van der Waals surface area contributed by atoms with Crippen molar-refractivity contribution >= 4 is 29.0 Å². The Morgan fingerprint density at radius 2 is 2.03 bits per heavy atom. The number of benzene rings is 1. The standard InChI is InChI=1S/C22H18FN3O2S2/c23-16-5-3-15(4-6-16)17-12-19(20-2-1-11-29-20)25-22(18(17)13-24)30-14-21(27)26-7-9-28-10-8-26/h1-6,11-12H,7-10,14H2. The number of thiophene rings is 1. The lowest BCUT2D eigenvalue weighted by Crippen LogP contribution is -2.41. The molecule has 5 nitrogen and oxygen atoms in total. The predicted octanol–water partition coefficient (Wildman–Crippen LogP) is 4.44. The predicted molar refractivity (Wildman–Crippen MR) is 116 cm³/mol. The molecule has 1 amide bonds. The second kappa shape index (κ2) is 9.39. The van der Waals surface area contributed by atoms with E-state index in [1.165, 1.54) is 23.9 Å². The molecule has 1 aromatic carbocycles. The molecule has 1 fully saturated rings. The summed E-state index contributed by atoms with van der Waals surface area (Å²) in [6.45, 7) is 2.24. The molecule has 152 valence electrons. The quantitative estimate of drug-likeness (QED) is 0.550. The molecule has 1 aliphatic heterocycles. The summed E-state index contributed by atoms with van der Waals surface area (Å²) in [5.74, 6) is -0.146. The lowest BCUT2D eigenvalue weighted by atomic mass is 10.0. The SMILES string of the molecule is N#Cc1c(-c2ccc(F)cc2)cc(-c2cccs2)nc1SCC(=O)N1CCOCC1. The van der Waals surface area contributed by atoms with Crippen molar-refractivity contribution in [2.45, 2.75) is 5.03 Å². The molecule has 0 saturated carbocycles. The molecule has 4 rings (SSSR count). The Morgan fingerprint density at radius 1 is 1.27 bits per heavy atom. The fourth-order valence-corrected chi connectivity index (χ4v) is 4.77. The van der Waals surface area contributed by atoms with Gasteiger partial charge in [-0.05, 0) is 35.2 Å². The maximum Gasteiger partial charge on any atom is 0.233 e. The largest absolute Gasteiger partial charge is 0.378 e. The average molecular weight is 440 g/mol. The summed E-state index contributed by atoms with van der Waals surface area (Å²) in [7, 11) is 0. The second-order valence-corrected chi connectivity index (χ2v) is 8.52. The molecule has 0 N–H and O–H groups in total. The summed E-state index contributed by atoms with van der Waals surface area (Å²) in [5, 5.41) is 12.3. The Morgan fingerprint density at radius 3 is 2.70 bits per heavy atom. The number of morpholine rings is 1. The van der Waals surface area contributed by atoms with E-state index in [1.54, 1.807) is 28.4 Å². The van der Waals surface area contributed by atoms with Crippen LogP contribution in [0, 0.1) is 17.1 Å². The summed E-state index contributed by atoms with van der Waals surface area (Å²) in [6, 6.07) is 14.0. The zero-order valence-corrected chi connectivity index (χ0v) is 17.6. The van der Waals surface area contributed by atoms with Crippen molar-refractivity contribution < 1.29 is 13.9 Å². The highest BCUT2D eigenvalue weighted by Crippen LogP contribution is 2.35. The van der Waals surface area contributed by atoms with Crippen LogP contribution in [0.4, 0.5) is 4.39 Å². The van der Waals surface area contributed by atoms with Gasteiger partial charge in [-0.1, -0.05) is 30.0 Å². The highest BCUT2D eigenvalue weighted by atomic mass is 32.2. The van der Waals surface area contributed by atoms with Gasteiger partial charge in [0.15, 0.2) is 0 Å². The van der Waals surface area contributed by atoms with Gasteiger partial charge in [-0.3, -0.25) is 4.79 Å². The number of nitrogens with zero attached hydrogens (tertiary/aromatic N) is 3. The number of carbonyl (C=O) groups excluding carboxylic acids is 1. The summed E-state index contributed by atoms with van der Waals surface area (Å²) < 4.78 is 18.7. The molecule has 3 heterocycles. The summed E-state index contributed by atoms with van der Waals surface area (Å²) in [6.07, 6.45) is 0. The minimum Gasteiger partial charge on any atom is -0.378 e. The molecule has 3 aromatic rings. The number of amides is 1. The van der Waals surface area contributed by atoms with Gasteiger partial charge in [-0.25, -0.2) is 9.37 Å². The molecule has 0 aliphatic carbocycles. The number of halogens is 1. The van der Waals surface area contributed by atoms with Crippen molar-refractivity contribution in [1.82, 2.24) is 9.88 Å². The van der Waals surface area contributed by atoms with E-state index in [1.807, 2.05) is 23.6 Å². The van der Waals surface area contributed by atoms with Gasteiger partial charge in [0.1, 0.15) is 16.9 Å². The first-order valence-electron chi connectivity index (χ1n) is 9.39. The van der Waals surface area contributed by atoms with Gasteiger partial charge in [-0.2, -0.15) is 5.26 Å². The van der Waals surface area contributed by atoms with Crippen LogP contribution in [0.15, 0.2) is 52.9 Å². The van der Waals surface area contributed by atoms with Crippen molar-refractivity contribution in [1.29, 1.82) is 5.26 Å². The Kier molecular flexibility index (Phi) is 6.43. The zero-order valence-electron chi connectivity index (χ0n) is 16.0. The number of carbonyl (C=O) groups is 1. The van der Waals surface area contributed by atoms with Crippen molar-refractivity contribution in [2.75, 3.05) is 32.1 Å². The monoisotopic (exact) mass is 439 g/mol. The molecule has 0 spiro atoms. The molecule has 0 bridgehead atoms. The number of ether oxygens (including phenoxy) is 1. The van der Waals surface area contributed by atoms with Crippen LogP contribution in [0.2, 0.25) is 0 Å². The third kappa shape index (κ3) is 4.54. The smallest absolute Gasteiger partial charge is 0.233 e. The minimum atomic E-state index is -0.337. The first-order chi connectivity index (χ1) is 14.7. The number of pyridine rings is 1. The number of aromatic nitrogens is 1. The molecule has 30 heavy (non-hydrogen) atoms. The van der Waals surface area contributed by atoms with E-state index < -0.39 is 0 Å². The second-order valence-electron chi connectivity index (χ2n) is 6.61. The van der Waals surface area contributed by atoms with E-state index in [4.69, 9.17) is 4.74 Å². The van der Waals surface area contributed by atoms with Gasteiger partial charge in [0.25, 0.3) is 0 Å². The fourth-order valence-electron chi connectivity index (χ4n) is 3.18. The fraction of sp³-hybridized carbons (Fsp3) is 0.227. The molecular weight excluding hydrogens is 421 g/mol. The van der Waals surface area contributed by atoms with Crippen LogP contribution in [0.3, 0.4) is 0 Å². The molecule has 1 saturated heterocycles. The summed E-state index contributed by atoms with van der Waals surface area (Å²) in [4.78, 5) is 20.0. The number of rotatable bonds is 5. The lowest BCUT2D eigenvalue weighted by molar-refractivity contribution is -0.132. The van der Waals surface area contributed by atoms with Crippen LogP contribution in [-0.4, -0.2) is 47.8 Å². The zero-order chi connectivity index (χ0) is 20.9. The number of nitriles is 1. The van der Waals surface area contributed by atoms with E-state index in [9.17, 15) is 14.4 Å². The molecule has 0 atom stereocenters. The van der Waals surface area contributed by atoms with Gasteiger partial charge >= 0.3 is 0 Å². The molecule has 0 unspecified atom stereocenters. The Labute approximate surface area is 182 Å². The van der Waals surface area contributed by atoms with Crippen LogP contribution in [0.25, 0.3) is 21.7 Å². The summed E-state index contributed by atoms with van der Waals surface area (Å²) in [5.41, 5.74) is 2.53. The van der Waals surface area contributed by atoms with Crippen LogP contribution >= 0.6 is 23.1 Å². The van der Waals surface area contributed by atoms with E-state index in [2.05, 4.69) is 11.1 Å². The maximum atomic E-state index is 13.4.